The van der Waals surface area contributed by atoms with Gasteiger partial charge in [-0.3, -0.25) is 19.3 Å². The van der Waals surface area contributed by atoms with Gasteiger partial charge in [-0.05, 0) is 18.4 Å². The predicted octanol–water partition coefficient (Wildman–Crippen LogP) is 1.98. The maximum atomic E-state index is 12.5. The van der Waals surface area contributed by atoms with E-state index >= 15 is 0 Å². The molecule has 1 saturated heterocycles. The van der Waals surface area contributed by atoms with E-state index < -0.39 is 5.91 Å². The summed E-state index contributed by atoms with van der Waals surface area (Å²) in [6.07, 6.45) is 6.87. The van der Waals surface area contributed by atoms with Crippen molar-refractivity contribution >= 4 is 29.1 Å². The van der Waals surface area contributed by atoms with Crippen LogP contribution >= 0.6 is 11.3 Å². The van der Waals surface area contributed by atoms with Crippen LogP contribution in [-0.2, 0) is 20.9 Å². The Bertz CT molecular complexity index is 948. The SMILES string of the molecule is O=C(CN1C(=O)C2CC=CCC2C1=O)N=c1sccn1Cc1ccccc1. The molecule has 2 heterocycles. The predicted molar refractivity (Wildman–Crippen MR) is 100 cm³/mol. The van der Waals surface area contributed by atoms with E-state index in [1.165, 1.54) is 11.3 Å². The van der Waals surface area contributed by atoms with Crippen molar-refractivity contribution in [1.82, 2.24) is 9.47 Å². The zero-order chi connectivity index (χ0) is 18.8. The van der Waals surface area contributed by atoms with Crippen molar-refractivity contribution in [2.24, 2.45) is 16.8 Å². The smallest absolute Gasteiger partial charge is 0.268 e. The summed E-state index contributed by atoms with van der Waals surface area (Å²) in [6, 6.07) is 9.89. The van der Waals surface area contributed by atoms with E-state index in [1.807, 2.05) is 58.6 Å². The molecule has 0 N–H and O–H groups in total. The summed E-state index contributed by atoms with van der Waals surface area (Å²) in [4.78, 5) is 43.2. The van der Waals surface area contributed by atoms with Crippen LogP contribution in [0.1, 0.15) is 18.4 Å². The molecular formula is C20H19N3O3S. The second-order valence-corrected chi connectivity index (χ2v) is 7.60. The molecule has 0 saturated carbocycles. The van der Waals surface area contributed by atoms with E-state index in [2.05, 4.69) is 4.99 Å². The van der Waals surface area contributed by atoms with E-state index in [9.17, 15) is 14.4 Å². The first kappa shape index (κ1) is 17.6. The van der Waals surface area contributed by atoms with E-state index in [0.717, 1.165) is 10.5 Å². The minimum absolute atomic E-state index is 0.249. The average Bonchev–Trinajstić information content (AvgIpc) is 3.21. The second kappa shape index (κ2) is 7.44. The lowest BCUT2D eigenvalue weighted by molar-refractivity contribution is -0.143. The van der Waals surface area contributed by atoms with E-state index in [4.69, 9.17) is 0 Å². The Morgan fingerprint density at radius 2 is 1.74 bits per heavy atom. The monoisotopic (exact) mass is 381 g/mol. The molecule has 1 aliphatic heterocycles. The Morgan fingerprint density at radius 1 is 1.07 bits per heavy atom. The van der Waals surface area contributed by atoms with Gasteiger partial charge in [0.05, 0.1) is 11.8 Å². The second-order valence-electron chi connectivity index (χ2n) is 6.72. The standard InChI is InChI=1S/C20H19N3O3S/c24-17(13-23-18(25)15-8-4-5-9-16(15)19(23)26)21-20-22(10-11-27-20)12-14-6-2-1-3-7-14/h1-7,10-11,15-16H,8-9,12-13H2. The van der Waals surface area contributed by atoms with Crippen molar-refractivity contribution in [2.75, 3.05) is 6.54 Å². The molecule has 0 spiro atoms. The Hall–Kier alpha value is -2.80. The molecular weight excluding hydrogens is 362 g/mol. The van der Waals surface area contributed by atoms with Gasteiger partial charge in [-0.15, -0.1) is 11.3 Å². The van der Waals surface area contributed by atoms with Crippen LogP contribution in [0.2, 0.25) is 0 Å². The number of aromatic nitrogens is 1. The number of likely N-dealkylation sites (tertiary alicyclic amines) is 1. The van der Waals surface area contributed by atoms with Crippen molar-refractivity contribution in [3.63, 3.8) is 0 Å². The number of fused-ring (bicyclic) bond motifs is 1. The number of rotatable bonds is 4. The lowest BCUT2D eigenvalue weighted by Crippen LogP contribution is -2.36. The van der Waals surface area contributed by atoms with E-state index in [-0.39, 0.29) is 30.2 Å². The first-order valence-corrected chi connectivity index (χ1v) is 9.77. The number of nitrogens with zero attached hydrogens (tertiary/aromatic N) is 3. The number of imide groups is 1. The molecule has 1 fully saturated rings. The molecule has 1 aliphatic carbocycles. The quantitative estimate of drug-likeness (QED) is 0.601. The largest absolute Gasteiger partial charge is 0.319 e. The van der Waals surface area contributed by atoms with Crippen LogP contribution in [-0.4, -0.2) is 33.7 Å². The van der Waals surface area contributed by atoms with Gasteiger partial charge in [-0.2, -0.15) is 4.99 Å². The van der Waals surface area contributed by atoms with Gasteiger partial charge in [0, 0.05) is 18.1 Å². The first-order chi connectivity index (χ1) is 13.1. The van der Waals surface area contributed by atoms with E-state index in [1.54, 1.807) is 0 Å². The topological polar surface area (TPSA) is 71.7 Å². The molecule has 2 aromatic rings. The summed E-state index contributed by atoms with van der Waals surface area (Å²) in [5.41, 5.74) is 1.10. The minimum Gasteiger partial charge on any atom is -0.319 e. The summed E-state index contributed by atoms with van der Waals surface area (Å²) in [7, 11) is 0. The molecule has 3 amide bonds. The molecule has 1 aromatic heterocycles. The van der Waals surface area contributed by atoms with Crippen molar-refractivity contribution in [3.8, 4) is 0 Å². The van der Waals surface area contributed by atoms with Gasteiger partial charge >= 0.3 is 0 Å². The van der Waals surface area contributed by atoms with Crippen molar-refractivity contribution < 1.29 is 14.4 Å². The maximum Gasteiger partial charge on any atom is 0.268 e. The number of thiazole rings is 1. The molecule has 7 heteroatoms. The number of amides is 3. The summed E-state index contributed by atoms with van der Waals surface area (Å²) in [5, 5.41) is 1.86. The van der Waals surface area contributed by atoms with Crippen LogP contribution in [0.4, 0.5) is 0 Å². The van der Waals surface area contributed by atoms with Crippen LogP contribution in [0.3, 0.4) is 0 Å². The number of carbonyl (C=O) groups excluding carboxylic acids is 3. The fourth-order valence-corrected chi connectivity index (χ4v) is 4.33. The van der Waals surface area contributed by atoms with Crippen LogP contribution in [0, 0.1) is 11.8 Å². The van der Waals surface area contributed by atoms with Crippen LogP contribution in [0.15, 0.2) is 59.1 Å². The molecule has 2 aliphatic rings. The number of hydrogen-bond acceptors (Lipinski definition) is 4. The highest BCUT2D eigenvalue weighted by Gasteiger charge is 2.47. The average molecular weight is 381 g/mol. The summed E-state index contributed by atoms with van der Waals surface area (Å²) in [6.45, 7) is 0.321. The maximum absolute atomic E-state index is 12.5. The molecule has 2 unspecified atom stereocenters. The van der Waals surface area contributed by atoms with E-state index in [0.29, 0.717) is 24.2 Å². The molecule has 0 bridgehead atoms. The van der Waals surface area contributed by atoms with Gasteiger partial charge in [-0.1, -0.05) is 42.5 Å². The number of allylic oxidation sites excluding steroid dienone is 2. The van der Waals surface area contributed by atoms with Crippen molar-refractivity contribution in [2.45, 2.75) is 19.4 Å². The third-order valence-corrected chi connectivity index (χ3v) is 5.76. The minimum atomic E-state index is -0.479. The van der Waals surface area contributed by atoms with Crippen LogP contribution < -0.4 is 4.80 Å². The highest BCUT2D eigenvalue weighted by atomic mass is 32.1. The highest BCUT2D eigenvalue weighted by molar-refractivity contribution is 7.07. The number of hydrogen-bond donors (Lipinski definition) is 0. The van der Waals surface area contributed by atoms with Gasteiger partial charge in [0.15, 0.2) is 4.80 Å². The Labute approximate surface area is 160 Å². The van der Waals surface area contributed by atoms with Gasteiger partial charge in [-0.25, -0.2) is 0 Å². The number of carbonyl (C=O) groups is 3. The lowest BCUT2D eigenvalue weighted by Gasteiger charge is -2.14. The fourth-order valence-electron chi connectivity index (χ4n) is 3.59. The third kappa shape index (κ3) is 3.55. The summed E-state index contributed by atoms with van der Waals surface area (Å²) < 4.78 is 1.88. The van der Waals surface area contributed by atoms with Crippen LogP contribution in [0.5, 0.6) is 0 Å². The van der Waals surface area contributed by atoms with Crippen LogP contribution in [0.25, 0.3) is 0 Å². The summed E-state index contributed by atoms with van der Waals surface area (Å²) >= 11 is 1.35. The normalized spacial score (nSPS) is 22.4. The highest BCUT2D eigenvalue weighted by Crippen LogP contribution is 2.34. The van der Waals surface area contributed by atoms with Gasteiger partial charge in [0.2, 0.25) is 11.8 Å². The van der Waals surface area contributed by atoms with Gasteiger partial charge in [0.25, 0.3) is 5.91 Å². The Balaban J connectivity index is 1.49. The molecule has 4 rings (SSSR count). The zero-order valence-corrected chi connectivity index (χ0v) is 15.5. The zero-order valence-electron chi connectivity index (χ0n) is 14.7. The molecule has 6 nitrogen and oxygen atoms in total. The Kier molecular flexibility index (Phi) is 4.85. The molecule has 2 atom stereocenters. The first-order valence-electron chi connectivity index (χ1n) is 8.89. The fraction of sp³-hybridized carbons (Fsp3) is 0.300. The molecule has 138 valence electrons. The molecule has 1 aromatic carbocycles. The third-order valence-electron chi connectivity index (χ3n) is 4.97. The lowest BCUT2D eigenvalue weighted by atomic mass is 9.85. The Morgan fingerprint density at radius 3 is 2.41 bits per heavy atom. The number of benzene rings is 1. The molecule has 27 heavy (non-hydrogen) atoms. The van der Waals surface area contributed by atoms with Gasteiger partial charge < -0.3 is 4.57 Å². The van der Waals surface area contributed by atoms with Crippen molar-refractivity contribution in [1.29, 1.82) is 0 Å². The van der Waals surface area contributed by atoms with Gasteiger partial charge in [0.1, 0.15) is 6.54 Å². The van der Waals surface area contributed by atoms with Crippen molar-refractivity contribution in [3.05, 3.63) is 64.4 Å². The summed E-state index contributed by atoms with van der Waals surface area (Å²) in [5.74, 6) is -1.62. The molecule has 0 radical (unpaired) electrons.